The zero-order valence-corrected chi connectivity index (χ0v) is 11.3. The Labute approximate surface area is 124 Å². The Bertz CT molecular complexity index is 480. The largest absolute Gasteiger partial charge is 0.508 e. The van der Waals surface area contributed by atoms with E-state index < -0.39 is 42.2 Å². The topological polar surface area (TPSA) is 174 Å². The molecule has 1 aromatic carbocycles. The van der Waals surface area contributed by atoms with Crippen molar-refractivity contribution in [2.75, 3.05) is 6.61 Å². The van der Waals surface area contributed by atoms with Crippen LogP contribution in [0.4, 0.5) is 5.69 Å². The number of rotatable bonds is 3. The van der Waals surface area contributed by atoms with E-state index in [0.29, 0.717) is 0 Å². The standard InChI is InChI=1S/C6H5NO3.C6H12O6/c8-6-3-1-5(2-4-6)7(9)10;7-1-2(8)5-3(9)4(10)6(11)12-5/h1-4,8H;2-11H,1H2/t;2?,3-,4-,5-,6+/m.1/s1. The number of non-ortho nitro benzene ring substituents is 1. The average molecular weight is 319 g/mol. The van der Waals surface area contributed by atoms with Crippen LogP contribution in [-0.4, -0.2) is 72.9 Å². The first-order valence-electron chi connectivity index (χ1n) is 6.20. The van der Waals surface area contributed by atoms with Gasteiger partial charge in [-0.2, -0.15) is 0 Å². The number of ether oxygens (including phenoxy) is 1. The van der Waals surface area contributed by atoms with Gasteiger partial charge in [0.25, 0.3) is 5.69 Å². The summed E-state index contributed by atoms with van der Waals surface area (Å²) >= 11 is 0. The van der Waals surface area contributed by atoms with Crippen LogP contribution < -0.4 is 0 Å². The van der Waals surface area contributed by atoms with Gasteiger partial charge in [-0.3, -0.25) is 10.1 Å². The Hall–Kier alpha value is -1.82. The number of nitro groups is 1. The van der Waals surface area contributed by atoms with Gasteiger partial charge < -0.3 is 35.4 Å². The van der Waals surface area contributed by atoms with Gasteiger partial charge in [-0.15, -0.1) is 0 Å². The van der Waals surface area contributed by atoms with Crippen LogP contribution in [0, 0.1) is 10.1 Å². The van der Waals surface area contributed by atoms with Gasteiger partial charge in [0, 0.05) is 12.1 Å². The molecule has 0 amide bonds. The molecule has 1 aromatic rings. The molecule has 1 unspecified atom stereocenters. The first-order chi connectivity index (χ1) is 10.3. The molecule has 0 radical (unpaired) electrons. The van der Waals surface area contributed by atoms with Gasteiger partial charge in [0.2, 0.25) is 0 Å². The number of aliphatic hydroxyl groups is 5. The van der Waals surface area contributed by atoms with Gasteiger partial charge >= 0.3 is 0 Å². The maximum atomic E-state index is 10.0. The predicted molar refractivity (Wildman–Crippen MR) is 70.7 cm³/mol. The lowest BCUT2D eigenvalue weighted by Crippen LogP contribution is -2.40. The number of benzene rings is 1. The molecule has 0 bridgehead atoms. The summed E-state index contributed by atoms with van der Waals surface area (Å²) in [5, 5.41) is 63.2. The lowest BCUT2D eigenvalue weighted by Gasteiger charge is -2.18. The summed E-state index contributed by atoms with van der Waals surface area (Å²) in [5.74, 6) is 0.0330. The van der Waals surface area contributed by atoms with E-state index in [-0.39, 0.29) is 11.4 Å². The van der Waals surface area contributed by atoms with E-state index in [1.807, 2.05) is 0 Å². The second kappa shape index (κ2) is 7.98. The number of nitrogens with zero attached hydrogens (tertiary/aromatic N) is 1. The number of hydrogen-bond acceptors (Lipinski definition) is 9. The first-order valence-corrected chi connectivity index (χ1v) is 6.20. The third-order valence-electron chi connectivity index (χ3n) is 2.90. The quantitative estimate of drug-likeness (QED) is 0.274. The summed E-state index contributed by atoms with van der Waals surface area (Å²) in [7, 11) is 0. The van der Waals surface area contributed by atoms with Crippen LogP contribution in [0.15, 0.2) is 24.3 Å². The molecule has 2 rings (SSSR count). The van der Waals surface area contributed by atoms with Gasteiger partial charge in [-0.25, -0.2) is 0 Å². The van der Waals surface area contributed by atoms with Crippen molar-refractivity contribution in [3.8, 4) is 5.75 Å². The second-order valence-corrected chi connectivity index (χ2v) is 4.50. The summed E-state index contributed by atoms with van der Waals surface area (Å²) in [5.41, 5.74) is -0.0159. The Balaban J connectivity index is 0.000000224. The normalized spacial score (nSPS) is 28.6. The van der Waals surface area contributed by atoms with Gasteiger partial charge in [-0.1, -0.05) is 0 Å². The van der Waals surface area contributed by atoms with Crippen LogP contribution in [0.3, 0.4) is 0 Å². The van der Waals surface area contributed by atoms with Crippen LogP contribution in [0.5, 0.6) is 5.75 Å². The fourth-order valence-electron chi connectivity index (χ4n) is 1.68. The highest BCUT2D eigenvalue weighted by molar-refractivity contribution is 5.34. The summed E-state index contributed by atoms with van der Waals surface area (Å²) in [6.45, 7) is -0.596. The molecule has 1 heterocycles. The second-order valence-electron chi connectivity index (χ2n) is 4.50. The number of phenols is 1. The van der Waals surface area contributed by atoms with Gasteiger partial charge in [0.05, 0.1) is 11.5 Å². The maximum absolute atomic E-state index is 10.0. The van der Waals surface area contributed by atoms with Crippen molar-refractivity contribution in [1.82, 2.24) is 0 Å². The van der Waals surface area contributed by atoms with Crippen molar-refractivity contribution in [3.05, 3.63) is 34.4 Å². The van der Waals surface area contributed by atoms with Crippen LogP contribution in [-0.2, 0) is 4.74 Å². The average Bonchev–Trinajstić information content (AvgIpc) is 2.75. The van der Waals surface area contributed by atoms with Crippen LogP contribution in [0.2, 0.25) is 0 Å². The molecule has 124 valence electrons. The van der Waals surface area contributed by atoms with Crippen molar-refractivity contribution < 1.29 is 40.3 Å². The Kier molecular flexibility index (Phi) is 6.61. The molecule has 10 heteroatoms. The Morgan fingerprint density at radius 1 is 1.18 bits per heavy atom. The third kappa shape index (κ3) is 4.59. The minimum atomic E-state index is -1.51. The Morgan fingerprint density at radius 2 is 1.73 bits per heavy atom. The lowest BCUT2D eigenvalue weighted by atomic mass is 10.1. The molecule has 1 aliphatic heterocycles. The summed E-state index contributed by atoms with van der Waals surface area (Å²) in [6.07, 6.45) is -6.75. The maximum Gasteiger partial charge on any atom is 0.269 e. The number of nitro benzene ring substituents is 1. The van der Waals surface area contributed by atoms with E-state index in [2.05, 4.69) is 4.74 Å². The molecular weight excluding hydrogens is 302 g/mol. The molecule has 0 aliphatic carbocycles. The van der Waals surface area contributed by atoms with E-state index in [1.54, 1.807) is 0 Å². The molecule has 6 N–H and O–H groups in total. The first kappa shape index (κ1) is 18.2. The molecule has 22 heavy (non-hydrogen) atoms. The summed E-state index contributed by atoms with van der Waals surface area (Å²) in [4.78, 5) is 9.52. The molecule has 0 saturated carbocycles. The third-order valence-corrected chi connectivity index (χ3v) is 2.90. The number of hydrogen-bond donors (Lipinski definition) is 6. The van der Waals surface area contributed by atoms with Gasteiger partial charge in [0.15, 0.2) is 6.29 Å². The molecule has 5 atom stereocenters. The minimum absolute atomic E-state index is 0.0159. The smallest absolute Gasteiger partial charge is 0.269 e. The molecule has 0 aromatic heterocycles. The van der Waals surface area contributed by atoms with E-state index in [0.717, 1.165) is 0 Å². The van der Waals surface area contributed by atoms with E-state index >= 15 is 0 Å². The highest BCUT2D eigenvalue weighted by Gasteiger charge is 2.44. The van der Waals surface area contributed by atoms with E-state index in [4.69, 9.17) is 30.6 Å². The van der Waals surface area contributed by atoms with Crippen LogP contribution in [0.25, 0.3) is 0 Å². The van der Waals surface area contributed by atoms with Gasteiger partial charge in [-0.05, 0) is 12.1 Å². The summed E-state index contributed by atoms with van der Waals surface area (Å²) in [6, 6.07) is 5.04. The number of phenolic OH excluding ortho intramolecular Hbond substituents is 1. The number of aromatic hydroxyl groups is 1. The number of aliphatic hydroxyl groups excluding tert-OH is 5. The van der Waals surface area contributed by atoms with Gasteiger partial charge in [0.1, 0.15) is 30.2 Å². The van der Waals surface area contributed by atoms with Crippen LogP contribution in [0.1, 0.15) is 0 Å². The summed E-state index contributed by atoms with van der Waals surface area (Å²) < 4.78 is 4.58. The highest BCUT2D eigenvalue weighted by atomic mass is 16.7. The molecule has 1 fully saturated rings. The monoisotopic (exact) mass is 319 g/mol. The zero-order chi connectivity index (χ0) is 16.9. The molecule has 0 spiro atoms. The highest BCUT2D eigenvalue weighted by Crippen LogP contribution is 2.21. The van der Waals surface area contributed by atoms with Crippen LogP contribution >= 0.6 is 0 Å². The molecule has 10 nitrogen and oxygen atoms in total. The van der Waals surface area contributed by atoms with E-state index in [9.17, 15) is 10.1 Å². The van der Waals surface area contributed by atoms with Crippen molar-refractivity contribution in [3.63, 3.8) is 0 Å². The zero-order valence-electron chi connectivity index (χ0n) is 11.3. The SMILES string of the molecule is O=[N+]([O-])c1ccc(O)cc1.OCC(O)[C@H]1O[C@H](O)[C@H](O)[C@H]1O. The molecule has 1 saturated heterocycles. The molecule has 1 aliphatic rings. The van der Waals surface area contributed by atoms with E-state index in [1.165, 1.54) is 24.3 Å². The predicted octanol–water partition coefficient (Wildman–Crippen LogP) is -1.92. The van der Waals surface area contributed by atoms with Crippen molar-refractivity contribution in [2.24, 2.45) is 0 Å². The lowest BCUT2D eigenvalue weighted by molar-refractivity contribution is -0.384. The molecular formula is C12H17NO9. The van der Waals surface area contributed by atoms with Crippen molar-refractivity contribution in [1.29, 1.82) is 0 Å². The Morgan fingerprint density at radius 3 is 2.09 bits per heavy atom. The fraction of sp³-hybridized carbons (Fsp3) is 0.500. The fourth-order valence-corrected chi connectivity index (χ4v) is 1.68. The van der Waals surface area contributed by atoms with Crippen molar-refractivity contribution in [2.45, 2.75) is 30.7 Å². The minimum Gasteiger partial charge on any atom is -0.508 e. The van der Waals surface area contributed by atoms with Crippen molar-refractivity contribution >= 4 is 5.69 Å².